The molecule has 0 radical (unpaired) electrons. The van der Waals surface area contributed by atoms with Crippen LogP contribution in [0.1, 0.15) is 36.1 Å². The Kier molecular flexibility index (Phi) is 7.84. The van der Waals surface area contributed by atoms with Gasteiger partial charge in [-0.2, -0.15) is 0 Å². The third-order valence-electron chi connectivity index (χ3n) is 5.52. The van der Waals surface area contributed by atoms with Crippen LogP contribution in [0.4, 0.5) is 0 Å². The summed E-state index contributed by atoms with van der Waals surface area (Å²) in [6.07, 6.45) is 4.28. The number of nitrogens with zero attached hydrogens (tertiary/aromatic N) is 5. The number of hydrogen-bond donors (Lipinski definition) is 2. The van der Waals surface area contributed by atoms with Gasteiger partial charge < -0.3 is 19.9 Å². The SMILES string of the molecule is C=CCNC(=NCc1nnc(C)n1C)NCC(c1ccccc1OC)N1CCCC1. The third kappa shape index (κ3) is 5.38. The van der Waals surface area contributed by atoms with Crippen LogP contribution in [-0.2, 0) is 13.6 Å². The van der Waals surface area contributed by atoms with Gasteiger partial charge in [-0.05, 0) is 38.9 Å². The quantitative estimate of drug-likeness (QED) is 0.374. The second-order valence-electron chi connectivity index (χ2n) is 7.44. The van der Waals surface area contributed by atoms with E-state index in [9.17, 15) is 0 Å². The van der Waals surface area contributed by atoms with E-state index in [-0.39, 0.29) is 6.04 Å². The Morgan fingerprint density at radius 2 is 2.03 bits per heavy atom. The van der Waals surface area contributed by atoms with Crippen molar-refractivity contribution in [1.29, 1.82) is 0 Å². The van der Waals surface area contributed by atoms with Crippen molar-refractivity contribution in [2.24, 2.45) is 12.0 Å². The monoisotopic (exact) mass is 411 g/mol. The minimum atomic E-state index is 0.205. The van der Waals surface area contributed by atoms with E-state index in [0.29, 0.717) is 13.1 Å². The van der Waals surface area contributed by atoms with Crippen molar-refractivity contribution < 1.29 is 4.74 Å². The minimum Gasteiger partial charge on any atom is -0.496 e. The molecule has 0 aliphatic carbocycles. The Bertz CT molecular complexity index is 855. The number of likely N-dealkylation sites (tertiary alicyclic amines) is 1. The van der Waals surface area contributed by atoms with Crippen molar-refractivity contribution >= 4 is 5.96 Å². The molecule has 8 nitrogen and oxygen atoms in total. The number of aliphatic imine (C=N–C) groups is 1. The number of rotatable bonds is 9. The highest BCUT2D eigenvalue weighted by Gasteiger charge is 2.26. The van der Waals surface area contributed by atoms with Gasteiger partial charge in [0.2, 0.25) is 0 Å². The highest BCUT2D eigenvalue weighted by molar-refractivity contribution is 5.80. The molecular weight excluding hydrogens is 378 g/mol. The van der Waals surface area contributed by atoms with E-state index in [2.05, 4.69) is 44.4 Å². The van der Waals surface area contributed by atoms with Gasteiger partial charge in [0.05, 0.1) is 13.2 Å². The van der Waals surface area contributed by atoms with Gasteiger partial charge in [0.25, 0.3) is 0 Å². The molecule has 8 heteroatoms. The molecule has 1 aliphatic heterocycles. The maximum absolute atomic E-state index is 5.65. The predicted octanol–water partition coefficient (Wildman–Crippen LogP) is 2.19. The maximum atomic E-state index is 5.65. The first-order valence-corrected chi connectivity index (χ1v) is 10.5. The Balaban J connectivity index is 1.76. The molecule has 1 aliphatic rings. The van der Waals surface area contributed by atoms with Crippen LogP contribution in [0.5, 0.6) is 5.75 Å². The molecule has 0 saturated carbocycles. The number of guanidine groups is 1. The standard InChI is InChI=1S/C22H33N7O/c1-5-12-23-22(25-16-21-27-26-17(2)28(21)3)24-15-19(29-13-8-9-14-29)18-10-6-7-11-20(18)30-4/h5-7,10-11,19H,1,8-9,12-16H2,2-4H3,(H2,23,24,25). The topological polar surface area (TPSA) is 79.6 Å². The van der Waals surface area contributed by atoms with Crippen LogP contribution >= 0.6 is 0 Å². The Morgan fingerprint density at radius 1 is 1.27 bits per heavy atom. The van der Waals surface area contributed by atoms with Crippen LogP contribution in [0, 0.1) is 6.92 Å². The highest BCUT2D eigenvalue weighted by atomic mass is 16.5. The van der Waals surface area contributed by atoms with Crippen molar-refractivity contribution in [1.82, 2.24) is 30.3 Å². The number of benzene rings is 1. The van der Waals surface area contributed by atoms with E-state index in [1.165, 1.54) is 18.4 Å². The van der Waals surface area contributed by atoms with Gasteiger partial charge in [-0.15, -0.1) is 16.8 Å². The zero-order chi connectivity index (χ0) is 21.3. The van der Waals surface area contributed by atoms with Gasteiger partial charge in [-0.3, -0.25) is 4.90 Å². The van der Waals surface area contributed by atoms with E-state index in [0.717, 1.165) is 43.0 Å². The smallest absolute Gasteiger partial charge is 0.192 e. The molecule has 1 aromatic carbocycles. The molecule has 1 fully saturated rings. The summed E-state index contributed by atoms with van der Waals surface area (Å²) in [5.74, 6) is 3.35. The van der Waals surface area contributed by atoms with Gasteiger partial charge in [-0.25, -0.2) is 4.99 Å². The fourth-order valence-corrected chi connectivity index (χ4v) is 3.71. The first-order valence-electron chi connectivity index (χ1n) is 10.5. The zero-order valence-corrected chi connectivity index (χ0v) is 18.3. The first kappa shape index (κ1) is 21.8. The first-order chi connectivity index (χ1) is 14.6. The van der Waals surface area contributed by atoms with Crippen LogP contribution in [0.25, 0.3) is 0 Å². The van der Waals surface area contributed by atoms with Crippen molar-refractivity contribution in [3.63, 3.8) is 0 Å². The molecule has 2 N–H and O–H groups in total. The summed E-state index contributed by atoms with van der Waals surface area (Å²) in [6.45, 7) is 9.73. The number of nitrogens with one attached hydrogen (secondary N) is 2. The summed E-state index contributed by atoms with van der Waals surface area (Å²) in [5, 5.41) is 15.1. The lowest BCUT2D eigenvalue weighted by Gasteiger charge is -2.30. The number of ether oxygens (including phenoxy) is 1. The van der Waals surface area contributed by atoms with Crippen LogP contribution in [0.2, 0.25) is 0 Å². The number of aryl methyl sites for hydroxylation is 1. The molecule has 2 heterocycles. The minimum absolute atomic E-state index is 0.205. The average molecular weight is 412 g/mol. The lowest BCUT2D eigenvalue weighted by molar-refractivity contribution is 0.239. The van der Waals surface area contributed by atoms with Crippen molar-refractivity contribution in [3.8, 4) is 5.75 Å². The Morgan fingerprint density at radius 3 is 2.70 bits per heavy atom. The zero-order valence-electron chi connectivity index (χ0n) is 18.3. The molecule has 2 aromatic rings. The molecule has 1 atom stereocenters. The van der Waals surface area contributed by atoms with Gasteiger partial charge >= 0.3 is 0 Å². The Hall–Kier alpha value is -2.87. The van der Waals surface area contributed by atoms with E-state index in [1.807, 2.05) is 36.7 Å². The molecule has 0 bridgehead atoms. The third-order valence-corrected chi connectivity index (χ3v) is 5.52. The number of aromatic nitrogens is 3. The summed E-state index contributed by atoms with van der Waals surface area (Å²) in [7, 11) is 3.68. The lowest BCUT2D eigenvalue weighted by atomic mass is 10.0. The molecular formula is C22H33N7O. The highest BCUT2D eigenvalue weighted by Crippen LogP contribution is 2.31. The van der Waals surface area contributed by atoms with E-state index >= 15 is 0 Å². The molecule has 1 unspecified atom stereocenters. The second kappa shape index (κ2) is 10.8. The van der Waals surface area contributed by atoms with Crippen molar-refractivity contribution in [2.75, 3.05) is 33.3 Å². The van der Waals surface area contributed by atoms with Gasteiger partial charge in [-0.1, -0.05) is 24.3 Å². The summed E-state index contributed by atoms with van der Waals surface area (Å²) in [6, 6.07) is 8.47. The van der Waals surface area contributed by atoms with Crippen LogP contribution in [-0.4, -0.2) is 58.9 Å². The fraction of sp³-hybridized carbons (Fsp3) is 0.500. The molecule has 162 valence electrons. The summed E-state index contributed by atoms with van der Waals surface area (Å²) >= 11 is 0. The average Bonchev–Trinajstić information content (AvgIpc) is 3.41. The van der Waals surface area contributed by atoms with Crippen LogP contribution in [0.3, 0.4) is 0 Å². The molecule has 3 rings (SSSR count). The van der Waals surface area contributed by atoms with Gasteiger partial charge in [0.15, 0.2) is 11.8 Å². The van der Waals surface area contributed by atoms with E-state index in [4.69, 9.17) is 9.73 Å². The lowest BCUT2D eigenvalue weighted by Crippen LogP contribution is -2.43. The predicted molar refractivity (Wildman–Crippen MR) is 120 cm³/mol. The molecule has 1 saturated heterocycles. The fourth-order valence-electron chi connectivity index (χ4n) is 3.71. The number of para-hydroxylation sites is 1. The molecule has 0 spiro atoms. The summed E-state index contributed by atoms with van der Waals surface area (Å²) in [5.41, 5.74) is 1.20. The molecule has 1 aromatic heterocycles. The van der Waals surface area contributed by atoms with Gasteiger partial charge in [0, 0.05) is 25.7 Å². The summed E-state index contributed by atoms with van der Waals surface area (Å²) < 4.78 is 7.60. The van der Waals surface area contributed by atoms with Crippen LogP contribution in [0.15, 0.2) is 41.9 Å². The number of methoxy groups -OCH3 is 1. The normalized spacial score (nSPS) is 15.8. The molecule has 0 amide bonds. The van der Waals surface area contributed by atoms with Gasteiger partial charge in [0.1, 0.15) is 18.1 Å². The maximum Gasteiger partial charge on any atom is 0.192 e. The van der Waals surface area contributed by atoms with E-state index in [1.54, 1.807) is 7.11 Å². The largest absolute Gasteiger partial charge is 0.496 e. The van der Waals surface area contributed by atoms with Crippen molar-refractivity contribution in [2.45, 2.75) is 32.4 Å². The van der Waals surface area contributed by atoms with E-state index < -0.39 is 0 Å². The Labute approximate surface area is 179 Å². The van der Waals surface area contributed by atoms with Crippen molar-refractivity contribution in [3.05, 3.63) is 54.1 Å². The number of hydrogen-bond acceptors (Lipinski definition) is 5. The summed E-state index contributed by atoms with van der Waals surface area (Å²) in [4.78, 5) is 7.23. The molecule has 30 heavy (non-hydrogen) atoms. The second-order valence-corrected chi connectivity index (χ2v) is 7.44. The van der Waals surface area contributed by atoms with Crippen LogP contribution < -0.4 is 15.4 Å².